The fourth-order valence-electron chi connectivity index (χ4n) is 3.64. The van der Waals surface area contributed by atoms with Crippen LogP contribution in [0.15, 0.2) is 51.4 Å². The van der Waals surface area contributed by atoms with E-state index in [1.54, 1.807) is 0 Å². The molecule has 138 valence electrons. The van der Waals surface area contributed by atoms with E-state index >= 15 is 0 Å². The molecule has 6 heteroatoms. The highest BCUT2D eigenvalue weighted by atomic mass is 79.9. The van der Waals surface area contributed by atoms with Gasteiger partial charge < -0.3 is 14.2 Å². The first-order valence-corrected chi connectivity index (χ1v) is 10.4. The number of para-hydroxylation sites is 1. The van der Waals surface area contributed by atoms with Crippen molar-refractivity contribution in [3.63, 3.8) is 0 Å². The summed E-state index contributed by atoms with van der Waals surface area (Å²) in [7, 11) is 0. The number of morpholine rings is 1. The molecular weight excluding hydrogens is 462 g/mol. The summed E-state index contributed by atoms with van der Waals surface area (Å²) in [6.45, 7) is 4.49. The van der Waals surface area contributed by atoms with Crippen molar-refractivity contribution in [1.82, 2.24) is 4.90 Å². The summed E-state index contributed by atoms with van der Waals surface area (Å²) in [5.74, 6) is 0.967. The van der Waals surface area contributed by atoms with E-state index in [2.05, 4.69) is 61.0 Å². The largest absolute Gasteiger partial charge is 0.490 e. The van der Waals surface area contributed by atoms with Crippen LogP contribution < -0.4 is 4.74 Å². The summed E-state index contributed by atoms with van der Waals surface area (Å²) in [6, 6.07) is 14.7. The van der Waals surface area contributed by atoms with Gasteiger partial charge >= 0.3 is 0 Å². The predicted octanol–water partition coefficient (Wildman–Crippen LogP) is 4.56. The lowest BCUT2D eigenvalue weighted by Crippen LogP contribution is -2.47. The maximum Gasteiger partial charge on any atom is 0.124 e. The highest BCUT2D eigenvalue weighted by Crippen LogP contribution is 2.38. The molecule has 0 amide bonds. The lowest BCUT2D eigenvalue weighted by Gasteiger charge is -2.42. The van der Waals surface area contributed by atoms with E-state index in [0.29, 0.717) is 13.2 Å². The number of fused-ring (bicyclic) bond motifs is 1. The van der Waals surface area contributed by atoms with Gasteiger partial charge in [-0.15, -0.1) is 0 Å². The lowest BCUT2D eigenvalue weighted by molar-refractivity contribution is -0.0812. The van der Waals surface area contributed by atoms with Gasteiger partial charge in [0, 0.05) is 27.6 Å². The van der Waals surface area contributed by atoms with Gasteiger partial charge in [0.05, 0.1) is 25.9 Å². The van der Waals surface area contributed by atoms with Gasteiger partial charge in [-0.25, -0.2) is 0 Å². The van der Waals surface area contributed by atoms with Crippen molar-refractivity contribution in [3.8, 4) is 5.75 Å². The molecule has 2 heterocycles. The second kappa shape index (κ2) is 8.40. The maximum absolute atomic E-state index is 6.35. The van der Waals surface area contributed by atoms with Crippen molar-refractivity contribution in [2.24, 2.45) is 0 Å². The van der Waals surface area contributed by atoms with Gasteiger partial charge in [-0.3, -0.25) is 4.90 Å². The maximum atomic E-state index is 6.35. The quantitative estimate of drug-likeness (QED) is 0.639. The number of benzene rings is 2. The highest BCUT2D eigenvalue weighted by Gasteiger charge is 2.36. The molecule has 0 bridgehead atoms. The number of ether oxygens (including phenoxy) is 3. The molecule has 2 atom stereocenters. The van der Waals surface area contributed by atoms with E-state index in [1.165, 1.54) is 5.56 Å². The third-order valence-corrected chi connectivity index (χ3v) is 5.73. The molecule has 26 heavy (non-hydrogen) atoms. The SMILES string of the molecule is Brc1cc(Br)cc(CO[C@@H]2COc3ccccc3[C@H]2N2CCOCC2)c1. The molecule has 2 aliphatic heterocycles. The third-order valence-electron chi connectivity index (χ3n) is 4.82. The van der Waals surface area contributed by atoms with Crippen LogP contribution >= 0.6 is 31.9 Å². The van der Waals surface area contributed by atoms with E-state index < -0.39 is 0 Å². The van der Waals surface area contributed by atoms with Crippen LogP contribution in [0.5, 0.6) is 5.75 Å². The molecule has 2 aromatic rings. The Hall–Kier alpha value is -0.920. The molecule has 2 aliphatic rings. The van der Waals surface area contributed by atoms with Crippen LogP contribution in [0.25, 0.3) is 0 Å². The molecular formula is C20H21Br2NO3. The normalized spacial score (nSPS) is 23.3. The number of hydrogen-bond acceptors (Lipinski definition) is 4. The standard InChI is InChI=1S/C20H21Br2NO3/c21-15-9-14(10-16(22)11-15)12-25-19-13-26-18-4-2-1-3-17(18)20(19)23-5-7-24-8-6-23/h1-4,9-11,19-20H,5-8,12-13H2/t19-,20-/m1/s1. The molecule has 0 N–H and O–H groups in total. The van der Waals surface area contributed by atoms with Crippen molar-refractivity contribution in [2.45, 2.75) is 18.8 Å². The van der Waals surface area contributed by atoms with Gasteiger partial charge in [-0.2, -0.15) is 0 Å². The molecule has 0 saturated carbocycles. The van der Waals surface area contributed by atoms with Gasteiger partial charge in [0.15, 0.2) is 0 Å². The van der Waals surface area contributed by atoms with Gasteiger partial charge in [0.2, 0.25) is 0 Å². The molecule has 0 aliphatic carbocycles. The number of halogens is 2. The third kappa shape index (κ3) is 4.15. The van der Waals surface area contributed by atoms with E-state index in [-0.39, 0.29) is 12.1 Å². The summed E-state index contributed by atoms with van der Waals surface area (Å²) in [6.07, 6.45) is -0.0132. The molecule has 0 radical (unpaired) electrons. The van der Waals surface area contributed by atoms with Crippen molar-refractivity contribution in [2.75, 3.05) is 32.9 Å². The molecule has 2 aromatic carbocycles. The van der Waals surface area contributed by atoms with Crippen LogP contribution in [0, 0.1) is 0 Å². The van der Waals surface area contributed by atoms with Gasteiger partial charge in [-0.05, 0) is 29.8 Å². The van der Waals surface area contributed by atoms with E-state index in [9.17, 15) is 0 Å². The Morgan fingerprint density at radius 1 is 1.04 bits per heavy atom. The molecule has 4 nitrogen and oxygen atoms in total. The number of nitrogens with zero attached hydrogens (tertiary/aromatic N) is 1. The zero-order chi connectivity index (χ0) is 17.9. The van der Waals surface area contributed by atoms with Gasteiger partial charge in [0.25, 0.3) is 0 Å². The molecule has 0 aromatic heterocycles. The van der Waals surface area contributed by atoms with Crippen LogP contribution in [-0.2, 0) is 16.1 Å². The zero-order valence-electron chi connectivity index (χ0n) is 14.4. The first-order valence-electron chi connectivity index (χ1n) is 8.81. The Kier molecular flexibility index (Phi) is 5.96. The number of hydrogen-bond donors (Lipinski definition) is 0. The van der Waals surface area contributed by atoms with Crippen molar-refractivity contribution in [1.29, 1.82) is 0 Å². The fourth-order valence-corrected chi connectivity index (χ4v) is 5.03. The molecule has 1 fully saturated rings. The monoisotopic (exact) mass is 481 g/mol. The molecule has 0 spiro atoms. The summed E-state index contributed by atoms with van der Waals surface area (Å²) in [4.78, 5) is 2.46. The first kappa shape index (κ1) is 18.4. The van der Waals surface area contributed by atoms with E-state index in [0.717, 1.165) is 46.6 Å². The van der Waals surface area contributed by atoms with Crippen LogP contribution in [-0.4, -0.2) is 43.9 Å². The van der Waals surface area contributed by atoms with Gasteiger partial charge in [-0.1, -0.05) is 50.1 Å². The zero-order valence-corrected chi connectivity index (χ0v) is 17.5. The van der Waals surface area contributed by atoms with Crippen molar-refractivity contribution < 1.29 is 14.2 Å². The Labute approximate surface area is 170 Å². The summed E-state index contributed by atoms with van der Waals surface area (Å²) in [5, 5.41) is 0. The Morgan fingerprint density at radius 2 is 1.77 bits per heavy atom. The highest BCUT2D eigenvalue weighted by molar-refractivity contribution is 9.11. The Morgan fingerprint density at radius 3 is 2.54 bits per heavy atom. The second-order valence-electron chi connectivity index (χ2n) is 6.57. The van der Waals surface area contributed by atoms with Gasteiger partial charge in [0.1, 0.15) is 18.5 Å². The van der Waals surface area contributed by atoms with Crippen LogP contribution in [0.1, 0.15) is 17.2 Å². The molecule has 1 saturated heterocycles. The summed E-state index contributed by atoms with van der Waals surface area (Å²) < 4.78 is 20.0. The Bertz CT molecular complexity index is 744. The smallest absolute Gasteiger partial charge is 0.124 e. The van der Waals surface area contributed by atoms with Crippen molar-refractivity contribution >= 4 is 31.9 Å². The average Bonchev–Trinajstić information content (AvgIpc) is 2.66. The molecule has 4 rings (SSSR count). The molecule has 0 unspecified atom stereocenters. The fraction of sp³-hybridized carbons (Fsp3) is 0.400. The lowest BCUT2D eigenvalue weighted by atomic mass is 9.96. The minimum Gasteiger partial charge on any atom is -0.490 e. The van der Waals surface area contributed by atoms with Crippen LogP contribution in [0.3, 0.4) is 0 Å². The topological polar surface area (TPSA) is 30.9 Å². The Balaban J connectivity index is 1.55. The van der Waals surface area contributed by atoms with Crippen LogP contribution in [0.4, 0.5) is 0 Å². The average molecular weight is 483 g/mol. The van der Waals surface area contributed by atoms with E-state index in [1.807, 2.05) is 18.2 Å². The predicted molar refractivity (Wildman–Crippen MR) is 107 cm³/mol. The first-order chi connectivity index (χ1) is 12.7. The second-order valence-corrected chi connectivity index (χ2v) is 8.40. The summed E-state index contributed by atoms with van der Waals surface area (Å²) >= 11 is 7.08. The number of rotatable bonds is 4. The van der Waals surface area contributed by atoms with Crippen molar-refractivity contribution in [3.05, 3.63) is 62.5 Å². The summed E-state index contributed by atoms with van der Waals surface area (Å²) in [5.41, 5.74) is 2.34. The minimum absolute atomic E-state index is 0.0132. The van der Waals surface area contributed by atoms with Crippen LogP contribution in [0.2, 0.25) is 0 Å². The minimum atomic E-state index is -0.0132. The van der Waals surface area contributed by atoms with E-state index in [4.69, 9.17) is 14.2 Å².